The normalized spacial score (nSPS) is 14.5. The fourth-order valence-electron chi connectivity index (χ4n) is 3.12. The van der Waals surface area contributed by atoms with Crippen LogP contribution in [-0.2, 0) is 16.2 Å². The Kier molecular flexibility index (Phi) is 7.44. The summed E-state index contributed by atoms with van der Waals surface area (Å²) in [5, 5.41) is 2.00. The summed E-state index contributed by atoms with van der Waals surface area (Å²) < 4.78 is 19.5. The molecule has 0 atom stereocenters. The lowest BCUT2D eigenvalue weighted by Crippen LogP contribution is -2.36. The number of hydrogen-bond donors (Lipinski definition) is 1. The van der Waals surface area contributed by atoms with E-state index in [9.17, 15) is 18.8 Å². The zero-order valence-corrected chi connectivity index (χ0v) is 20.1. The molecule has 4 rings (SSSR count). The summed E-state index contributed by atoms with van der Waals surface area (Å²) in [6.45, 7) is -0.0208. The van der Waals surface area contributed by atoms with Gasteiger partial charge in [-0.3, -0.25) is 19.3 Å². The molecule has 1 saturated heterocycles. The molecule has 0 aliphatic carbocycles. The van der Waals surface area contributed by atoms with E-state index < -0.39 is 29.4 Å². The quantitative estimate of drug-likeness (QED) is 0.381. The zero-order valence-electron chi connectivity index (χ0n) is 17.7. The van der Waals surface area contributed by atoms with Crippen molar-refractivity contribution in [2.75, 3.05) is 11.9 Å². The maximum atomic E-state index is 13.0. The molecule has 1 fully saturated rings. The van der Waals surface area contributed by atoms with Crippen molar-refractivity contribution in [1.29, 1.82) is 0 Å². The Balaban J connectivity index is 1.39. The number of amides is 3. The fourth-order valence-corrected chi connectivity index (χ4v) is 4.47. The molecule has 1 heterocycles. The molecule has 34 heavy (non-hydrogen) atoms. The van der Waals surface area contributed by atoms with Crippen molar-refractivity contribution in [3.63, 3.8) is 0 Å². The number of benzene rings is 3. The molecule has 3 aromatic carbocycles. The molecular weight excluding hydrogens is 523 g/mol. The number of nitrogens with zero attached hydrogens (tertiary/aromatic N) is 1. The molecule has 0 saturated carbocycles. The van der Waals surface area contributed by atoms with Gasteiger partial charge in [-0.1, -0.05) is 36.4 Å². The van der Waals surface area contributed by atoms with Crippen LogP contribution in [0.5, 0.6) is 5.75 Å². The van der Waals surface area contributed by atoms with Crippen LogP contribution in [0, 0.1) is 5.82 Å². The molecule has 1 aliphatic rings. The molecule has 6 nitrogen and oxygen atoms in total. The summed E-state index contributed by atoms with van der Waals surface area (Å²) in [5.41, 5.74) is 2.10. The largest absolute Gasteiger partial charge is 0.488 e. The molecular formula is C25H18BrFN2O4S. The maximum Gasteiger partial charge on any atom is 0.294 e. The Bertz CT molecular complexity index is 1270. The van der Waals surface area contributed by atoms with Crippen LogP contribution < -0.4 is 10.1 Å². The van der Waals surface area contributed by atoms with E-state index in [0.29, 0.717) is 28.1 Å². The van der Waals surface area contributed by atoms with Gasteiger partial charge in [-0.05, 0) is 81.3 Å². The third-order valence-corrected chi connectivity index (χ3v) is 6.32. The maximum absolute atomic E-state index is 13.0. The summed E-state index contributed by atoms with van der Waals surface area (Å²) in [4.78, 5) is 38.4. The number of halogens is 2. The smallest absolute Gasteiger partial charge is 0.294 e. The minimum atomic E-state index is -0.558. The SMILES string of the molecule is O=C(CN1C(=O)S/C(=C\c2ccc(OCc3ccccc3)c(Br)c2)C1=O)Nc1ccc(F)cc1. The van der Waals surface area contributed by atoms with Crippen LogP contribution in [0.25, 0.3) is 6.08 Å². The molecule has 0 bridgehead atoms. The van der Waals surface area contributed by atoms with Gasteiger partial charge in [-0.25, -0.2) is 4.39 Å². The molecule has 0 unspecified atom stereocenters. The number of ether oxygens (including phenoxy) is 1. The molecule has 1 N–H and O–H groups in total. The van der Waals surface area contributed by atoms with Crippen LogP contribution >= 0.6 is 27.7 Å². The molecule has 0 aromatic heterocycles. The van der Waals surface area contributed by atoms with Crippen molar-refractivity contribution in [2.24, 2.45) is 0 Å². The highest BCUT2D eigenvalue weighted by atomic mass is 79.9. The van der Waals surface area contributed by atoms with E-state index in [0.717, 1.165) is 22.2 Å². The molecule has 3 amide bonds. The summed E-state index contributed by atoms with van der Waals surface area (Å²) in [7, 11) is 0. The topological polar surface area (TPSA) is 75.7 Å². The number of carbonyl (C=O) groups excluding carboxylic acids is 3. The van der Waals surface area contributed by atoms with Crippen LogP contribution in [0.4, 0.5) is 14.9 Å². The average molecular weight is 541 g/mol. The molecule has 0 radical (unpaired) electrons. The minimum absolute atomic E-state index is 0.212. The van der Waals surface area contributed by atoms with Gasteiger partial charge in [0, 0.05) is 5.69 Å². The van der Waals surface area contributed by atoms with Crippen molar-refractivity contribution >= 4 is 56.5 Å². The Morgan fingerprint density at radius 2 is 1.79 bits per heavy atom. The highest BCUT2D eigenvalue weighted by Crippen LogP contribution is 2.34. The molecule has 1 aliphatic heterocycles. The predicted molar refractivity (Wildman–Crippen MR) is 133 cm³/mol. The van der Waals surface area contributed by atoms with Gasteiger partial charge in [0.15, 0.2) is 0 Å². The minimum Gasteiger partial charge on any atom is -0.488 e. The van der Waals surface area contributed by atoms with E-state index in [2.05, 4.69) is 21.2 Å². The van der Waals surface area contributed by atoms with Gasteiger partial charge in [0.25, 0.3) is 11.1 Å². The molecule has 0 spiro atoms. The van der Waals surface area contributed by atoms with Crippen LogP contribution in [0.2, 0.25) is 0 Å². The van der Waals surface area contributed by atoms with Crippen molar-refractivity contribution in [3.8, 4) is 5.75 Å². The van der Waals surface area contributed by atoms with Crippen LogP contribution in [0.15, 0.2) is 82.2 Å². The first-order chi connectivity index (χ1) is 16.4. The van der Waals surface area contributed by atoms with E-state index in [4.69, 9.17) is 4.74 Å². The lowest BCUT2D eigenvalue weighted by Gasteiger charge is -2.12. The highest BCUT2D eigenvalue weighted by molar-refractivity contribution is 9.10. The number of thioether (sulfide) groups is 1. The number of nitrogens with one attached hydrogen (secondary N) is 1. The van der Waals surface area contributed by atoms with Gasteiger partial charge in [0.05, 0.1) is 9.38 Å². The average Bonchev–Trinajstić information content (AvgIpc) is 3.08. The second-order valence-corrected chi connectivity index (χ2v) is 9.13. The summed E-state index contributed by atoms with van der Waals surface area (Å²) >= 11 is 4.24. The van der Waals surface area contributed by atoms with E-state index in [1.165, 1.54) is 24.3 Å². The Labute approximate surface area is 207 Å². The summed E-state index contributed by atoms with van der Waals surface area (Å²) in [6.07, 6.45) is 1.59. The predicted octanol–water partition coefficient (Wildman–Crippen LogP) is 5.84. The van der Waals surface area contributed by atoms with Gasteiger partial charge < -0.3 is 10.1 Å². The summed E-state index contributed by atoms with van der Waals surface area (Å²) in [6, 6.07) is 20.3. The zero-order chi connectivity index (χ0) is 24.1. The molecule has 3 aromatic rings. The first-order valence-electron chi connectivity index (χ1n) is 10.2. The lowest BCUT2D eigenvalue weighted by molar-refractivity contribution is -0.127. The third-order valence-electron chi connectivity index (χ3n) is 4.79. The van der Waals surface area contributed by atoms with E-state index in [-0.39, 0.29) is 4.91 Å². The standard InChI is InChI=1S/C25H18BrFN2O4S/c26-20-12-17(6-11-21(20)33-15-16-4-2-1-3-5-16)13-22-24(31)29(25(32)34-22)14-23(30)28-19-9-7-18(27)8-10-19/h1-13H,14-15H2,(H,28,30)/b22-13-. The van der Waals surface area contributed by atoms with Crippen molar-refractivity contribution < 1.29 is 23.5 Å². The first kappa shape index (κ1) is 23.7. The van der Waals surface area contributed by atoms with Crippen LogP contribution in [-0.4, -0.2) is 28.5 Å². The molecule has 9 heteroatoms. The van der Waals surface area contributed by atoms with Gasteiger partial charge >= 0.3 is 0 Å². The van der Waals surface area contributed by atoms with Crippen molar-refractivity contribution in [2.45, 2.75) is 6.61 Å². The monoisotopic (exact) mass is 540 g/mol. The van der Waals surface area contributed by atoms with Crippen LogP contribution in [0.3, 0.4) is 0 Å². The Morgan fingerprint density at radius 3 is 2.50 bits per heavy atom. The summed E-state index contributed by atoms with van der Waals surface area (Å²) in [5.74, 6) is -0.898. The van der Waals surface area contributed by atoms with Crippen LogP contribution in [0.1, 0.15) is 11.1 Å². The third kappa shape index (κ3) is 5.92. The Hall–Kier alpha value is -3.43. The van der Waals surface area contributed by atoms with Crippen molar-refractivity contribution in [3.05, 3.63) is 99.1 Å². The second-order valence-electron chi connectivity index (χ2n) is 7.29. The number of hydrogen-bond acceptors (Lipinski definition) is 5. The molecule has 172 valence electrons. The van der Waals surface area contributed by atoms with E-state index in [1.807, 2.05) is 30.3 Å². The number of imide groups is 1. The first-order valence-corrected chi connectivity index (χ1v) is 11.8. The fraction of sp³-hybridized carbons (Fsp3) is 0.0800. The van der Waals surface area contributed by atoms with Gasteiger partial charge in [-0.2, -0.15) is 0 Å². The van der Waals surface area contributed by atoms with E-state index in [1.54, 1.807) is 24.3 Å². The lowest BCUT2D eigenvalue weighted by atomic mass is 10.2. The number of anilines is 1. The number of rotatable bonds is 7. The van der Waals surface area contributed by atoms with Crippen molar-refractivity contribution in [1.82, 2.24) is 4.90 Å². The van der Waals surface area contributed by atoms with E-state index >= 15 is 0 Å². The van der Waals surface area contributed by atoms with Gasteiger partial charge in [-0.15, -0.1) is 0 Å². The highest BCUT2D eigenvalue weighted by Gasteiger charge is 2.36. The number of carbonyl (C=O) groups is 3. The second kappa shape index (κ2) is 10.7. The van der Waals surface area contributed by atoms with Gasteiger partial charge in [0.2, 0.25) is 5.91 Å². The van der Waals surface area contributed by atoms with Gasteiger partial charge in [0.1, 0.15) is 24.7 Å². The Morgan fingerprint density at radius 1 is 1.06 bits per heavy atom.